The van der Waals surface area contributed by atoms with Crippen LogP contribution in [0.1, 0.15) is 59.2 Å². The van der Waals surface area contributed by atoms with E-state index in [1.807, 2.05) is 0 Å². The average Bonchev–Trinajstić information content (AvgIpc) is 2.41. The van der Waals surface area contributed by atoms with Crippen molar-refractivity contribution < 1.29 is 0 Å². The largest absolute Gasteiger partial charge is 0.357 e. The Morgan fingerprint density at radius 2 is 1.85 bits per heavy atom. The van der Waals surface area contributed by atoms with Crippen molar-refractivity contribution in [1.29, 1.82) is 0 Å². The van der Waals surface area contributed by atoms with Gasteiger partial charge in [0, 0.05) is 30.9 Å². The van der Waals surface area contributed by atoms with Gasteiger partial charge in [-0.1, -0.05) is 13.8 Å². The average molecular weight is 277 g/mol. The standard InChI is InChI=1S/C17H31N3/c1-7-10-20(9-3)16-12-14(11-15(8-2)19-16)13-18-17(4,5)6/h11-12,18H,7-10,13H2,1-6H3. The Morgan fingerprint density at radius 3 is 2.35 bits per heavy atom. The molecule has 3 nitrogen and oxygen atoms in total. The molecule has 1 heterocycles. The Labute approximate surface area is 124 Å². The van der Waals surface area contributed by atoms with Crippen LogP contribution in [0, 0.1) is 0 Å². The molecule has 0 saturated carbocycles. The zero-order valence-corrected chi connectivity index (χ0v) is 14.1. The zero-order chi connectivity index (χ0) is 15.2. The lowest BCUT2D eigenvalue weighted by Crippen LogP contribution is -2.35. The van der Waals surface area contributed by atoms with Crippen molar-refractivity contribution in [2.75, 3.05) is 18.0 Å². The second-order valence-electron chi connectivity index (χ2n) is 6.36. The fourth-order valence-electron chi connectivity index (χ4n) is 2.15. The molecule has 114 valence electrons. The molecule has 1 N–H and O–H groups in total. The lowest BCUT2D eigenvalue weighted by atomic mass is 10.1. The molecule has 1 aromatic rings. The summed E-state index contributed by atoms with van der Waals surface area (Å²) in [6.45, 7) is 16.2. The second-order valence-corrected chi connectivity index (χ2v) is 6.36. The fraction of sp³-hybridized carbons (Fsp3) is 0.706. The number of rotatable bonds is 7. The Bertz CT molecular complexity index is 407. The Kier molecular flexibility index (Phi) is 6.47. The Hall–Kier alpha value is -1.09. The van der Waals surface area contributed by atoms with Crippen LogP contribution in [-0.4, -0.2) is 23.6 Å². The molecule has 0 aliphatic carbocycles. The van der Waals surface area contributed by atoms with Gasteiger partial charge in [0.1, 0.15) is 5.82 Å². The number of hydrogen-bond donors (Lipinski definition) is 1. The van der Waals surface area contributed by atoms with Gasteiger partial charge in [0.05, 0.1) is 0 Å². The molecular weight excluding hydrogens is 246 g/mol. The molecule has 0 bridgehead atoms. The van der Waals surface area contributed by atoms with E-state index in [1.54, 1.807) is 0 Å². The summed E-state index contributed by atoms with van der Waals surface area (Å²) in [5.74, 6) is 1.12. The Balaban J connectivity index is 2.95. The van der Waals surface area contributed by atoms with E-state index in [4.69, 9.17) is 4.98 Å². The number of aromatic nitrogens is 1. The molecular formula is C17H31N3. The van der Waals surface area contributed by atoms with E-state index in [2.05, 4.69) is 63.9 Å². The van der Waals surface area contributed by atoms with Crippen LogP contribution in [0.2, 0.25) is 0 Å². The van der Waals surface area contributed by atoms with Gasteiger partial charge in [0.25, 0.3) is 0 Å². The molecule has 0 atom stereocenters. The van der Waals surface area contributed by atoms with Gasteiger partial charge in [0.15, 0.2) is 0 Å². The number of hydrogen-bond acceptors (Lipinski definition) is 3. The van der Waals surface area contributed by atoms with E-state index in [-0.39, 0.29) is 5.54 Å². The highest BCUT2D eigenvalue weighted by Gasteiger charge is 2.11. The molecule has 0 amide bonds. The number of aryl methyl sites for hydroxylation is 1. The van der Waals surface area contributed by atoms with Crippen LogP contribution in [0.25, 0.3) is 0 Å². The van der Waals surface area contributed by atoms with Gasteiger partial charge in [0.2, 0.25) is 0 Å². The van der Waals surface area contributed by atoms with Gasteiger partial charge in [-0.25, -0.2) is 4.98 Å². The highest BCUT2D eigenvalue weighted by molar-refractivity contribution is 5.42. The van der Waals surface area contributed by atoms with E-state index in [9.17, 15) is 0 Å². The van der Waals surface area contributed by atoms with Gasteiger partial charge in [-0.2, -0.15) is 0 Å². The molecule has 0 aliphatic heterocycles. The molecule has 1 rings (SSSR count). The summed E-state index contributed by atoms with van der Waals surface area (Å²) >= 11 is 0. The van der Waals surface area contributed by atoms with E-state index in [1.165, 1.54) is 11.3 Å². The summed E-state index contributed by atoms with van der Waals surface area (Å²) in [4.78, 5) is 7.15. The highest BCUT2D eigenvalue weighted by Crippen LogP contribution is 2.17. The maximum Gasteiger partial charge on any atom is 0.129 e. The van der Waals surface area contributed by atoms with E-state index >= 15 is 0 Å². The van der Waals surface area contributed by atoms with Crippen LogP contribution < -0.4 is 10.2 Å². The van der Waals surface area contributed by atoms with Crippen molar-refractivity contribution in [3.63, 3.8) is 0 Å². The summed E-state index contributed by atoms with van der Waals surface area (Å²) in [7, 11) is 0. The fourth-order valence-corrected chi connectivity index (χ4v) is 2.15. The van der Waals surface area contributed by atoms with Crippen molar-refractivity contribution in [3.8, 4) is 0 Å². The van der Waals surface area contributed by atoms with Crippen LogP contribution in [0.5, 0.6) is 0 Å². The van der Waals surface area contributed by atoms with Crippen LogP contribution in [0.3, 0.4) is 0 Å². The van der Waals surface area contributed by atoms with Crippen molar-refractivity contribution in [1.82, 2.24) is 10.3 Å². The van der Waals surface area contributed by atoms with Gasteiger partial charge < -0.3 is 10.2 Å². The molecule has 3 heteroatoms. The minimum atomic E-state index is 0.143. The summed E-state index contributed by atoms with van der Waals surface area (Å²) in [6, 6.07) is 4.46. The first-order chi connectivity index (χ1) is 9.39. The van der Waals surface area contributed by atoms with E-state index in [0.29, 0.717) is 0 Å². The topological polar surface area (TPSA) is 28.2 Å². The monoisotopic (exact) mass is 277 g/mol. The quantitative estimate of drug-likeness (QED) is 0.822. The van der Waals surface area contributed by atoms with Crippen LogP contribution in [-0.2, 0) is 13.0 Å². The van der Waals surface area contributed by atoms with E-state index < -0.39 is 0 Å². The highest BCUT2D eigenvalue weighted by atomic mass is 15.2. The SMILES string of the molecule is CCCN(CC)c1cc(CNC(C)(C)C)cc(CC)n1. The molecule has 20 heavy (non-hydrogen) atoms. The first kappa shape index (κ1) is 17.0. The third kappa shape index (κ3) is 5.49. The molecule has 1 aromatic heterocycles. The predicted octanol–water partition coefficient (Wildman–Crippen LogP) is 3.77. The maximum absolute atomic E-state index is 4.78. The van der Waals surface area contributed by atoms with Crippen molar-refractivity contribution in [2.45, 2.75) is 66.5 Å². The molecule has 0 aromatic carbocycles. The first-order valence-electron chi connectivity index (χ1n) is 7.89. The molecule has 0 unspecified atom stereocenters. The lowest BCUT2D eigenvalue weighted by molar-refractivity contribution is 0.424. The first-order valence-corrected chi connectivity index (χ1v) is 7.89. The normalized spacial score (nSPS) is 11.7. The maximum atomic E-state index is 4.78. The van der Waals surface area contributed by atoms with Crippen LogP contribution >= 0.6 is 0 Å². The smallest absolute Gasteiger partial charge is 0.129 e. The summed E-state index contributed by atoms with van der Waals surface area (Å²) < 4.78 is 0. The number of pyridine rings is 1. The Morgan fingerprint density at radius 1 is 1.15 bits per heavy atom. The molecule has 0 saturated heterocycles. The van der Waals surface area contributed by atoms with Crippen LogP contribution in [0.4, 0.5) is 5.82 Å². The minimum Gasteiger partial charge on any atom is -0.357 e. The second kappa shape index (κ2) is 7.63. The molecule has 0 spiro atoms. The third-order valence-electron chi connectivity index (χ3n) is 3.31. The van der Waals surface area contributed by atoms with Gasteiger partial charge in [-0.15, -0.1) is 0 Å². The van der Waals surface area contributed by atoms with Crippen LogP contribution in [0.15, 0.2) is 12.1 Å². The summed E-state index contributed by atoms with van der Waals surface area (Å²) in [5.41, 5.74) is 2.66. The third-order valence-corrected chi connectivity index (χ3v) is 3.31. The minimum absolute atomic E-state index is 0.143. The van der Waals surface area contributed by atoms with Gasteiger partial charge in [-0.3, -0.25) is 0 Å². The lowest BCUT2D eigenvalue weighted by Gasteiger charge is -2.24. The number of nitrogens with one attached hydrogen (secondary N) is 1. The van der Waals surface area contributed by atoms with E-state index in [0.717, 1.165) is 38.3 Å². The molecule has 0 aliphatic rings. The summed E-state index contributed by atoms with van der Waals surface area (Å²) in [6.07, 6.45) is 2.14. The van der Waals surface area contributed by atoms with Gasteiger partial charge >= 0.3 is 0 Å². The van der Waals surface area contributed by atoms with Gasteiger partial charge in [-0.05, 0) is 58.2 Å². The number of nitrogens with zero attached hydrogens (tertiary/aromatic N) is 2. The zero-order valence-electron chi connectivity index (χ0n) is 14.1. The number of anilines is 1. The molecule has 0 fully saturated rings. The summed E-state index contributed by atoms with van der Waals surface area (Å²) in [5, 5.41) is 3.56. The predicted molar refractivity (Wildman–Crippen MR) is 88.4 cm³/mol. The van der Waals surface area contributed by atoms with Crippen molar-refractivity contribution >= 4 is 5.82 Å². The molecule has 0 radical (unpaired) electrons. The van der Waals surface area contributed by atoms with Crippen molar-refractivity contribution in [3.05, 3.63) is 23.4 Å². The van der Waals surface area contributed by atoms with Crippen molar-refractivity contribution in [2.24, 2.45) is 0 Å².